The summed E-state index contributed by atoms with van der Waals surface area (Å²) in [4.78, 5) is 14.6. The first-order valence-corrected chi connectivity index (χ1v) is 10.3. The van der Waals surface area contributed by atoms with E-state index < -0.39 is 5.91 Å². The molecular weight excluding hydrogens is 412 g/mol. The van der Waals surface area contributed by atoms with E-state index in [1.54, 1.807) is 36.5 Å². The van der Waals surface area contributed by atoms with Crippen LogP contribution in [0.4, 0.5) is 5.69 Å². The summed E-state index contributed by atoms with van der Waals surface area (Å²) >= 11 is 8.10. The molecule has 0 unspecified atom stereocenters. The van der Waals surface area contributed by atoms with Gasteiger partial charge in [-0.2, -0.15) is 0 Å². The summed E-state index contributed by atoms with van der Waals surface area (Å²) < 4.78 is 5.11. The Morgan fingerprint density at radius 3 is 2.76 bits per heavy atom. The molecule has 0 saturated heterocycles. The molecule has 0 radical (unpaired) electrons. The van der Waals surface area contributed by atoms with Crippen molar-refractivity contribution in [1.82, 2.24) is 5.16 Å². The summed E-state index contributed by atoms with van der Waals surface area (Å²) in [7, 11) is 0. The van der Waals surface area contributed by atoms with Crippen LogP contribution in [0.2, 0.25) is 5.02 Å². The summed E-state index contributed by atoms with van der Waals surface area (Å²) in [5.41, 5.74) is 2.47. The Balaban J connectivity index is 1.61. The summed E-state index contributed by atoms with van der Waals surface area (Å²) in [6.45, 7) is 1.87. The van der Waals surface area contributed by atoms with E-state index in [2.05, 4.69) is 10.5 Å². The van der Waals surface area contributed by atoms with Gasteiger partial charge in [0.2, 0.25) is 5.76 Å². The maximum Gasteiger partial charge on any atom is 0.260 e. The topological polar surface area (TPSA) is 95.6 Å². The number of aliphatic hydroxyl groups is 2. The molecule has 0 atom stereocenters. The van der Waals surface area contributed by atoms with E-state index in [4.69, 9.17) is 16.1 Å². The fourth-order valence-corrected chi connectivity index (χ4v) is 5.21. The molecule has 1 aliphatic carbocycles. The zero-order chi connectivity index (χ0) is 20.3. The van der Waals surface area contributed by atoms with Crippen LogP contribution in [0, 0.1) is 6.92 Å². The molecular formula is C21H17ClN2O4S. The average molecular weight is 429 g/mol. The summed E-state index contributed by atoms with van der Waals surface area (Å²) in [6, 6.07) is 9.07. The minimum absolute atomic E-state index is 0.114. The molecule has 1 amide bonds. The smallest absolute Gasteiger partial charge is 0.260 e. The number of nitrogens with one attached hydrogen (secondary N) is 1. The molecule has 29 heavy (non-hydrogen) atoms. The van der Waals surface area contributed by atoms with Crippen LogP contribution in [0.5, 0.6) is 0 Å². The van der Waals surface area contributed by atoms with E-state index in [0.717, 1.165) is 28.2 Å². The number of rotatable bonds is 4. The van der Waals surface area contributed by atoms with Gasteiger partial charge >= 0.3 is 0 Å². The first-order chi connectivity index (χ1) is 13.9. The van der Waals surface area contributed by atoms with E-state index in [9.17, 15) is 15.0 Å². The standard InChI is InChI=1S/C21H17ClN2O4S/c1-10-6-15(28-24-10)19(26)18-12-7-11(13(22)8-14(12)23-20(18)27)16-2-3-17(29-16)21(9-25)4-5-21/h2-3,6-8,25-26H,4-5,9H2,1H3,(H,23,27)/b19-18+. The Labute approximate surface area is 175 Å². The first-order valence-electron chi connectivity index (χ1n) is 9.15. The van der Waals surface area contributed by atoms with Crippen LogP contribution in [-0.4, -0.2) is 27.9 Å². The molecule has 3 heterocycles. The van der Waals surface area contributed by atoms with E-state index in [1.807, 2.05) is 12.1 Å². The second-order valence-corrected chi connectivity index (χ2v) is 8.98. The van der Waals surface area contributed by atoms with E-state index in [-0.39, 0.29) is 29.1 Å². The lowest BCUT2D eigenvalue weighted by Gasteiger charge is -2.09. The molecule has 8 heteroatoms. The number of hydrogen-bond donors (Lipinski definition) is 3. The number of anilines is 1. The van der Waals surface area contributed by atoms with Crippen LogP contribution >= 0.6 is 22.9 Å². The van der Waals surface area contributed by atoms with Crippen LogP contribution in [0.1, 0.15) is 34.7 Å². The summed E-state index contributed by atoms with van der Waals surface area (Å²) in [6.07, 6.45) is 1.97. The molecule has 0 spiro atoms. The molecule has 2 aliphatic rings. The summed E-state index contributed by atoms with van der Waals surface area (Å²) in [5, 5.41) is 27.4. The lowest BCUT2D eigenvalue weighted by atomic mass is 10.0. The van der Waals surface area contributed by atoms with Gasteiger partial charge in [-0.05, 0) is 44.0 Å². The Hall–Kier alpha value is -2.61. The number of benzene rings is 1. The number of nitrogens with zero attached hydrogens (tertiary/aromatic N) is 1. The number of carbonyl (C=O) groups excluding carboxylic acids is 1. The molecule has 2 aromatic heterocycles. The number of amides is 1. The number of hydrogen-bond acceptors (Lipinski definition) is 6. The van der Waals surface area contributed by atoms with Crippen molar-refractivity contribution in [2.24, 2.45) is 0 Å². The van der Waals surface area contributed by atoms with Crippen molar-refractivity contribution >= 4 is 45.9 Å². The number of carbonyl (C=O) groups is 1. The molecule has 3 N–H and O–H groups in total. The van der Waals surface area contributed by atoms with Crippen molar-refractivity contribution in [3.8, 4) is 10.4 Å². The van der Waals surface area contributed by atoms with Gasteiger partial charge in [-0.1, -0.05) is 16.8 Å². The molecule has 5 rings (SSSR count). The second kappa shape index (κ2) is 6.45. The predicted molar refractivity (Wildman–Crippen MR) is 112 cm³/mol. The third-order valence-electron chi connectivity index (χ3n) is 5.50. The normalized spacial score (nSPS) is 18.5. The van der Waals surface area contributed by atoms with Gasteiger partial charge < -0.3 is 20.1 Å². The molecule has 148 valence electrons. The zero-order valence-corrected chi connectivity index (χ0v) is 17.0. The minimum atomic E-state index is -0.427. The lowest BCUT2D eigenvalue weighted by molar-refractivity contribution is -0.110. The lowest BCUT2D eigenvalue weighted by Crippen LogP contribution is -2.09. The third kappa shape index (κ3) is 2.88. The van der Waals surface area contributed by atoms with Crippen LogP contribution in [-0.2, 0) is 10.2 Å². The monoisotopic (exact) mass is 428 g/mol. The van der Waals surface area contributed by atoms with Crippen LogP contribution < -0.4 is 5.32 Å². The Morgan fingerprint density at radius 2 is 2.10 bits per heavy atom. The average Bonchev–Trinajstić information content (AvgIpc) is 3.02. The number of aromatic nitrogens is 1. The van der Waals surface area contributed by atoms with Gasteiger partial charge in [-0.3, -0.25) is 4.79 Å². The predicted octanol–water partition coefficient (Wildman–Crippen LogP) is 4.77. The molecule has 1 aliphatic heterocycles. The van der Waals surface area contributed by atoms with E-state index in [1.165, 1.54) is 0 Å². The molecule has 6 nitrogen and oxygen atoms in total. The quantitative estimate of drug-likeness (QED) is 0.411. The fourth-order valence-electron chi connectivity index (χ4n) is 3.61. The maximum absolute atomic E-state index is 12.5. The highest BCUT2D eigenvalue weighted by molar-refractivity contribution is 7.15. The van der Waals surface area contributed by atoms with Crippen LogP contribution in [0.15, 0.2) is 34.9 Å². The highest BCUT2D eigenvalue weighted by Crippen LogP contribution is 2.52. The largest absolute Gasteiger partial charge is 0.504 e. The molecule has 3 aromatic rings. The molecule has 1 aromatic carbocycles. The Bertz CT molecular complexity index is 1190. The van der Waals surface area contributed by atoms with Gasteiger partial charge in [-0.25, -0.2) is 0 Å². The highest BCUT2D eigenvalue weighted by atomic mass is 35.5. The number of fused-ring (bicyclic) bond motifs is 1. The molecule has 0 bridgehead atoms. The number of aliphatic hydroxyl groups excluding tert-OH is 2. The van der Waals surface area contributed by atoms with Gasteiger partial charge in [0.25, 0.3) is 5.91 Å². The van der Waals surface area contributed by atoms with E-state index >= 15 is 0 Å². The van der Waals surface area contributed by atoms with E-state index in [0.29, 0.717) is 22.0 Å². The van der Waals surface area contributed by atoms with Crippen molar-refractivity contribution in [3.63, 3.8) is 0 Å². The number of aryl methyl sites for hydroxylation is 1. The van der Waals surface area contributed by atoms with Crippen molar-refractivity contribution in [2.45, 2.75) is 25.2 Å². The number of thiophene rings is 1. The van der Waals surface area contributed by atoms with Gasteiger partial charge in [-0.15, -0.1) is 11.3 Å². The van der Waals surface area contributed by atoms with Crippen LogP contribution in [0.25, 0.3) is 21.8 Å². The van der Waals surface area contributed by atoms with Gasteiger partial charge in [0.15, 0.2) is 5.76 Å². The van der Waals surface area contributed by atoms with Gasteiger partial charge in [0.05, 0.1) is 28.6 Å². The van der Waals surface area contributed by atoms with Crippen LogP contribution in [0.3, 0.4) is 0 Å². The number of halogens is 1. The minimum Gasteiger partial charge on any atom is -0.504 e. The van der Waals surface area contributed by atoms with Gasteiger partial charge in [0, 0.05) is 32.4 Å². The maximum atomic E-state index is 12.5. The van der Waals surface area contributed by atoms with Crippen molar-refractivity contribution in [1.29, 1.82) is 0 Å². The Morgan fingerprint density at radius 1 is 1.31 bits per heavy atom. The van der Waals surface area contributed by atoms with Crippen molar-refractivity contribution in [3.05, 3.63) is 57.2 Å². The SMILES string of the molecule is Cc1cc(/C(O)=C2\C(=O)Nc3cc(Cl)c(-c4ccc(C5(CO)CC5)s4)cc32)on1. The zero-order valence-electron chi connectivity index (χ0n) is 15.5. The third-order valence-corrected chi connectivity index (χ3v) is 7.18. The highest BCUT2D eigenvalue weighted by Gasteiger charge is 2.45. The van der Waals surface area contributed by atoms with Gasteiger partial charge in [0.1, 0.15) is 0 Å². The fraction of sp³-hybridized carbons (Fsp3) is 0.238. The van der Waals surface area contributed by atoms with Crippen molar-refractivity contribution < 1.29 is 19.5 Å². The first kappa shape index (κ1) is 18.4. The molecule has 1 fully saturated rings. The molecule has 1 saturated carbocycles. The summed E-state index contributed by atoms with van der Waals surface area (Å²) in [5.74, 6) is -0.558. The van der Waals surface area contributed by atoms with Crippen molar-refractivity contribution in [2.75, 3.05) is 11.9 Å². The second-order valence-electron chi connectivity index (χ2n) is 7.49. The Kier molecular flexibility index (Phi) is 4.10.